The molecule has 1 saturated carbocycles. The number of carbonyl (C=O) groups excluding carboxylic acids is 8. The van der Waals surface area contributed by atoms with E-state index in [0.29, 0.717) is 30.5 Å². The van der Waals surface area contributed by atoms with E-state index in [9.17, 15) is 46.8 Å². The van der Waals surface area contributed by atoms with Gasteiger partial charge in [-0.1, -0.05) is 62.4 Å². The molecule has 468 valence electrons. The minimum absolute atomic E-state index is 0.0135. The molecule has 3 aliphatic carbocycles. The summed E-state index contributed by atoms with van der Waals surface area (Å²) in [5.41, 5.74) is 10.8. The van der Waals surface area contributed by atoms with Gasteiger partial charge in [0.25, 0.3) is 0 Å². The van der Waals surface area contributed by atoms with Gasteiger partial charge in [-0.25, -0.2) is 24.7 Å². The molecule has 0 radical (unpaired) electrons. The quantitative estimate of drug-likeness (QED) is 0.0318. The van der Waals surface area contributed by atoms with Gasteiger partial charge in [0.05, 0.1) is 83.3 Å². The Bertz CT molecular complexity index is 2970. The lowest BCUT2D eigenvalue weighted by molar-refractivity contribution is -0.142. The van der Waals surface area contributed by atoms with Gasteiger partial charge in [-0.2, -0.15) is 8.42 Å². The molecule has 9 N–H and O–H groups in total. The van der Waals surface area contributed by atoms with Crippen molar-refractivity contribution in [2.75, 3.05) is 83.1 Å². The van der Waals surface area contributed by atoms with Gasteiger partial charge < -0.3 is 56.0 Å². The standard InChI is InChI=1S/C59H80N10O16S/c1-37(2)54(68-51(72)20-24-80-23-19-44(70)33-69-52(73)17-18-53(69)74)49(71)31-40(7-5-21-62-58(60)76)57(75)66-43-12-9-38(10-13-43)34-84-59(77)63-22-25-81-26-27-82-28-29-83-50-32-41(30-42(50)35-85-86(61,78)79)46-14-15-47-55(46)64-36-65-56(47)67-48-16-11-39-6-3-4-8-45(39)48/h3-4,6,8-10,12-15,36-37,40-42,46,48,50,54H,5,7,11,16-35H2,1-2H3,(H,63,77)(H,66,75)(H,68,72)(H3,60,62,76)(H2,61,78,79)(H,64,65,67)/t40-,41+,42-,46?,48-,50-,54+/m0/s1. The zero-order chi connectivity index (χ0) is 61.6. The Morgan fingerprint density at radius 1 is 0.826 bits per heavy atom. The molecule has 27 heteroatoms. The number of urea groups is 1. The molecule has 1 unspecified atom stereocenters. The second-order valence-corrected chi connectivity index (χ2v) is 23.3. The molecule has 1 aliphatic heterocycles. The van der Waals surface area contributed by atoms with E-state index < -0.39 is 46.2 Å². The minimum atomic E-state index is -4.16. The summed E-state index contributed by atoms with van der Waals surface area (Å²) in [5, 5.41) is 19.5. The van der Waals surface area contributed by atoms with Crippen molar-refractivity contribution in [1.82, 2.24) is 30.8 Å². The van der Waals surface area contributed by atoms with Crippen LogP contribution in [0, 0.1) is 23.7 Å². The molecule has 1 saturated heterocycles. The van der Waals surface area contributed by atoms with Gasteiger partial charge in [0.15, 0.2) is 11.6 Å². The van der Waals surface area contributed by atoms with E-state index in [2.05, 4.69) is 68.0 Å². The Morgan fingerprint density at radius 3 is 2.29 bits per heavy atom. The molecule has 2 heterocycles. The molecule has 7 atom stereocenters. The predicted octanol–water partition coefficient (Wildman–Crippen LogP) is 3.90. The Labute approximate surface area is 500 Å². The van der Waals surface area contributed by atoms with Crippen molar-refractivity contribution >= 4 is 75.2 Å². The lowest BCUT2D eigenvalue weighted by Crippen LogP contribution is -2.45. The van der Waals surface area contributed by atoms with Crippen molar-refractivity contribution in [2.24, 2.45) is 34.5 Å². The smallest absolute Gasteiger partial charge is 0.407 e. The number of primary amides is 1. The van der Waals surface area contributed by atoms with Crippen molar-refractivity contribution in [3.63, 3.8) is 0 Å². The summed E-state index contributed by atoms with van der Waals surface area (Å²) in [4.78, 5) is 110. The summed E-state index contributed by atoms with van der Waals surface area (Å²) in [7, 11) is -4.16. The highest BCUT2D eigenvalue weighted by atomic mass is 32.2. The van der Waals surface area contributed by atoms with Gasteiger partial charge in [0, 0.05) is 74.2 Å². The number of hydrogen-bond donors (Lipinski definition) is 7. The van der Waals surface area contributed by atoms with Gasteiger partial charge >= 0.3 is 22.4 Å². The molecule has 7 amide bonds. The third-order valence-electron chi connectivity index (χ3n) is 15.5. The number of Topliss-reactive ketones (excluding diaryl/α,β-unsaturated/α-hetero) is 2. The van der Waals surface area contributed by atoms with Crippen LogP contribution in [0.15, 0.2) is 60.9 Å². The lowest BCUT2D eigenvalue weighted by atomic mass is 9.89. The summed E-state index contributed by atoms with van der Waals surface area (Å²) in [5.74, 6) is -2.97. The Balaban J connectivity index is 0.759. The number of alkyl carbamates (subject to hydrolysis) is 1. The zero-order valence-electron chi connectivity index (χ0n) is 48.7. The number of nitrogens with two attached hydrogens (primary N) is 2. The molecule has 86 heavy (non-hydrogen) atoms. The number of anilines is 2. The summed E-state index contributed by atoms with van der Waals surface area (Å²) < 4.78 is 57.0. The van der Waals surface area contributed by atoms with Crippen molar-refractivity contribution < 1.29 is 74.6 Å². The van der Waals surface area contributed by atoms with E-state index in [0.717, 1.165) is 34.8 Å². The van der Waals surface area contributed by atoms with Crippen molar-refractivity contribution in [3.05, 3.63) is 88.9 Å². The van der Waals surface area contributed by atoms with Crippen LogP contribution in [0.1, 0.15) is 118 Å². The number of aryl methyl sites for hydroxylation is 1. The lowest BCUT2D eigenvalue weighted by Gasteiger charge is -2.24. The number of fused-ring (bicyclic) bond motifs is 2. The molecular weight excluding hydrogens is 1140 g/mol. The normalized spacial score (nSPS) is 19.4. The third-order valence-corrected chi connectivity index (χ3v) is 15.9. The van der Waals surface area contributed by atoms with E-state index in [1.54, 1.807) is 44.4 Å². The fraction of sp³-hybridized carbons (Fsp3) is 0.559. The molecule has 3 aromatic rings. The van der Waals surface area contributed by atoms with Crippen molar-refractivity contribution in [1.29, 1.82) is 0 Å². The SMILES string of the molecule is CC(C)[C@@H](NC(=O)CCOCCC(=O)CN1C(=O)CCC1=O)C(=O)C[C@H](CCCNC(N)=O)C(=O)Nc1ccc(COC(=O)NCCOCCOCCO[C@H]2C[C@H](C3C=Cc4c(N[C@H]5CCc6ccccc65)ncnc43)C[C@H]2COS(N)(=O)=O)cc1. The monoisotopic (exact) mass is 1220 g/mol. The summed E-state index contributed by atoms with van der Waals surface area (Å²) in [6.07, 6.45) is 8.41. The average Bonchev–Trinajstić information content (AvgIpc) is 2.62. The first-order valence-electron chi connectivity index (χ1n) is 29.2. The maximum absolute atomic E-state index is 13.7. The summed E-state index contributed by atoms with van der Waals surface area (Å²) in [6, 6.07) is 13.5. The number of nitrogens with zero attached hydrogens (tertiary/aromatic N) is 3. The van der Waals surface area contributed by atoms with Gasteiger partial charge in [0.2, 0.25) is 23.6 Å². The molecule has 1 aromatic heterocycles. The fourth-order valence-electron chi connectivity index (χ4n) is 11.0. The van der Waals surface area contributed by atoms with E-state index >= 15 is 0 Å². The van der Waals surface area contributed by atoms with Crippen LogP contribution in [0.3, 0.4) is 0 Å². The molecule has 2 aromatic carbocycles. The van der Waals surface area contributed by atoms with E-state index in [1.807, 2.05) is 0 Å². The first-order valence-corrected chi connectivity index (χ1v) is 30.7. The number of amides is 7. The predicted molar refractivity (Wildman–Crippen MR) is 313 cm³/mol. The Hall–Kier alpha value is -7.27. The third kappa shape index (κ3) is 20.7. The van der Waals surface area contributed by atoms with Crippen LogP contribution in [0.2, 0.25) is 0 Å². The number of ketones is 2. The highest BCUT2D eigenvalue weighted by Crippen LogP contribution is 2.47. The highest BCUT2D eigenvalue weighted by molar-refractivity contribution is 7.84. The van der Waals surface area contributed by atoms with Crippen LogP contribution < -0.4 is 37.5 Å². The molecule has 7 rings (SSSR count). The number of nitrogens with one attached hydrogen (secondary N) is 5. The Morgan fingerprint density at radius 2 is 1.55 bits per heavy atom. The first-order chi connectivity index (χ1) is 41.3. The van der Waals surface area contributed by atoms with Crippen LogP contribution in [0.4, 0.5) is 21.1 Å². The van der Waals surface area contributed by atoms with Crippen molar-refractivity contribution in [2.45, 2.75) is 115 Å². The van der Waals surface area contributed by atoms with Gasteiger partial charge in [-0.3, -0.25) is 37.9 Å². The number of rotatable bonds is 37. The summed E-state index contributed by atoms with van der Waals surface area (Å²) >= 11 is 0. The van der Waals surface area contributed by atoms with Gasteiger partial charge in [-0.05, 0) is 79.2 Å². The average molecular weight is 1220 g/mol. The minimum Gasteiger partial charge on any atom is -0.445 e. The van der Waals surface area contributed by atoms with Crippen LogP contribution >= 0.6 is 0 Å². The maximum atomic E-state index is 13.7. The van der Waals surface area contributed by atoms with E-state index in [-0.39, 0.29) is 177 Å². The van der Waals surface area contributed by atoms with Crippen LogP contribution in [-0.4, -0.2) is 155 Å². The first kappa shape index (κ1) is 66.3. The van der Waals surface area contributed by atoms with E-state index in [1.165, 1.54) is 11.1 Å². The number of hydrogen-bond acceptors (Lipinski definition) is 19. The van der Waals surface area contributed by atoms with Crippen LogP contribution in [-0.2, 0) is 80.0 Å². The number of likely N-dealkylation sites (tertiary alicyclic amines) is 1. The van der Waals surface area contributed by atoms with Gasteiger partial charge in [-0.15, -0.1) is 0 Å². The highest BCUT2D eigenvalue weighted by Gasteiger charge is 2.42. The molecule has 0 spiro atoms. The number of benzene rings is 2. The fourth-order valence-corrected chi connectivity index (χ4v) is 11.4. The van der Waals surface area contributed by atoms with E-state index in [4.69, 9.17) is 43.7 Å². The maximum Gasteiger partial charge on any atom is 0.407 e. The molecular formula is C59H80N10O16S. The second kappa shape index (κ2) is 33.0. The van der Waals surface area contributed by atoms with Crippen LogP contribution in [0.5, 0.6) is 0 Å². The number of imide groups is 1. The number of carbonyl (C=O) groups is 8. The number of ether oxygens (including phenoxy) is 5. The summed E-state index contributed by atoms with van der Waals surface area (Å²) in [6.45, 7) is 4.50. The second-order valence-electron chi connectivity index (χ2n) is 22.0. The molecule has 26 nitrogen and oxygen atoms in total. The largest absolute Gasteiger partial charge is 0.445 e. The molecule has 2 fully saturated rings. The van der Waals surface area contributed by atoms with Crippen molar-refractivity contribution in [3.8, 4) is 0 Å². The number of aromatic nitrogens is 2. The van der Waals surface area contributed by atoms with Crippen LogP contribution in [0.25, 0.3) is 6.08 Å². The molecule has 0 bridgehead atoms. The molecule has 4 aliphatic rings. The number of allylic oxidation sites excluding steroid dienone is 1. The topological polar surface area (TPSA) is 367 Å². The van der Waals surface area contributed by atoms with Gasteiger partial charge in [0.1, 0.15) is 18.8 Å². The zero-order valence-corrected chi connectivity index (χ0v) is 49.5. The Kier molecular flexibility index (Phi) is 25.4.